The zero-order chi connectivity index (χ0) is 8.27. The van der Waals surface area contributed by atoms with Crippen LogP contribution in [0.4, 0.5) is 0 Å². The highest BCUT2D eigenvalue weighted by molar-refractivity contribution is 4.81. The lowest BCUT2D eigenvalue weighted by Gasteiger charge is -2.33. The van der Waals surface area contributed by atoms with Gasteiger partial charge in [0.25, 0.3) is 0 Å². The Balaban J connectivity index is 1.89. The highest BCUT2D eigenvalue weighted by Crippen LogP contribution is 2.25. The van der Waals surface area contributed by atoms with Crippen molar-refractivity contribution in [3.8, 4) is 0 Å². The van der Waals surface area contributed by atoms with Gasteiger partial charge in [0.2, 0.25) is 0 Å². The molecule has 1 aliphatic carbocycles. The summed E-state index contributed by atoms with van der Waals surface area (Å²) < 4.78 is 0. The van der Waals surface area contributed by atoms with E-state index in [1.54, 1.807) is 0 Å². The summed E-state index contributed by atoms with van der Waals surface area (Å²) in [6.45, 7) is 5.09. The number of rotatable bonds is 4. The fraction of sp³-hybridized carbons (Fsp3) is 1.00. The molecule has 2 N–H and O–H groups in total. The first-order valence-electron chi connectivity index (χ1n) is 4.60. The Morgan fingerprint density at radius 1 is 1.55 bits per heavy atom. The molecule has 0 saturated heterocycles. The van der Waals surface area contributed by atoms with Crippen LogP contribution >= 0.6 is 0 Å². The molecule has 1 fully saturated rings. The van der Waals surface area contributed by atoms with Gasteiger partial charge in [0.1, 0.15) is 0 Å². The fourth-order valence-corrected chi connectivity index (χ4v) is 1.57. The van der Waals surface area contributed by atoms with E-state index in [1.807, 2.05) is 6.92 Å². The summed E-state index contributed by atoms with van der Waals surface area (Å²) >= 11 is 0. The monoisotopic (exact) mass is 157 g/mol. The van der Waals surface area contributed by atoms with Crippen molar-refractivity contribution >= 4 is 0 Å². The van der Waals surface area contributed by atoms with Crippen LogP contribution in [0.5, 0.6) is 0 Å². The molecule has 0 heterocycles. The SMILES string of the molecule is CC(O)CCNC1CC(C)C1. The Bertz CT molecular complexity index is 108. The van der Waals surface area contributed by atoms with Crippen molar-refractivity contribution in [2.24, 2.45) is 5.92 Å². The van der Waals surface area contributed by atoms with Crippen LogP contribution in [0, 0.1) is 5.92 Å². The molecule has 0 spiro atoms. The Kier molecular flexibility index (Phi) is 3.34. The summed E-state index contributed by atoms with van der Waals surface area (Å²) in [5.41, 5.74) is 0. The van der Waals surface area contributed by atoms with Gasteiger partial charge in [-0.05, 0) is 38.6 Å². The molecule has 0 amide bonds. The molecule has 11 heavy (non-hydrogen) atoms. The Morgan fingerprint density at radius 3 is 2.64 bits per heavy atom. The Labute approximate surface area is 69.0 Å². The molecule has 1 aliphatic rings. The van der Waals surface area contributed by atoms with E-state index in [2.05, 4.69) is 12.2 Å². The van der Waals surface area contributed by atoms with Crippen LogP contribution in [0.2, 0.25) is 0 Å². The Morgan fingerprint density at radius 2 is 2.18 bits per heavy atom. The third-order valence-corrected chi connectivity index (χ3v) is 2.37. The van der Waals surface area contributed by atoms with Gasteiger partial charge in [0.05, 0.1) is 6.10 Å². The molecule has 0 bridgehead atoms. The van der Waals surface area contributed by atoms with Gasteiger partial charge in [-0.3, -0.25) is 0 Å². The molecule has 2 heteroatoms. The minimum Gasteiger partial charge on any atom is -0.393 e. The minimum absolute atomic E-state index is 0.153. The van der Waals surface area contributed by atoms with Crippen molar-refractivity contribution in [3.63, 3.8) is 0 Å². The molecule has 0 aliphatic heterocycles. The van der Waals surface area contributed by atoms with Crippen LogP contribution in [-0.4, -0.2) is 23.8 Å². The number of aliphatic hydroxyl groups excluding tert-OH is 1. The first-order valence-corrected chi connectivity index (χ1v) is 4.60. The standard InChI is InChI=1S/C9H19NO/c1-7-5-9(6-7)10-4-3-8(2)11/h7-11H,3-6H2,1-2H3. The molecular weight excluding hydrogens is 138 g/mol. The molecule has 0 radical (unpaired) electrons. The van der Waals surface area contributed by atoms with E-state index in [-0.39, 0.29) is 6.10 Å². The van der Waals surface area contributed by atoms with Gasteiger partial charge in [0, 0.05) is 6.04 Å². The normalized spacial score (nSPS) is 33.0. The number of nitrogens with one attached hydrogen (secondary N) is 1. The Hall–Kier alpha value is -0.0800. The maximum atomic E-state index is 8.97. The van der Waals surface area contributed by atoms with Crippen LogP contribution in [0.3, 0.4) is 0 Å². The lowest BCUT2D eigenvalue weighted by Crippen LogP contribution is -2.41. The van der Waals surface area contributed by atoms with Crippen LogP contribution in [0.15, 0.2) is 0 Å². The highest BCUT2D eigenvalue weighted by Gasteiger charge is 2.24. The topological polar surface area (TPSA) is 32.3 Å². The van der Waals surface area contributed by atoms with Gasteiger partial charge in [0.15, 0.2) is 0 Å². The first-order chi connectivity index (χ1) is 5.18. The van der Waals surface area contributed by atoms with E-state index < -0.39 is 0 Å². The fourth-order valence-electron chi connectivity index (χ4n) is 1.57. The zero-order valence-corrected chi connectivity index (χ0v) is 7.51. The summed E-state index contributed by atoms with van der Waals surface area (Å²) in [7, 11) is 0. The molecule has 0 aromatic carbocycles. The van der Waals surface area contributed by atoms with Gasteiger partial charge in [-0.1, -0.05) is 6.92 Å². The number of aliphatic hydroxyl groups is 1. The van der Waals surface area contributed by atoms with Crippen molar-refractivity contribution in [2.45, 2.75) is 45.3 Å². The molecule has 0 aromatic heterocycles. The van der Waals surface area contributed by atoms with Crippen molar-refractivity contribution in [2.75, 3.05) is 6.54 Å². The van der Waals surface area contributed by atoms with Crippen molar-refractivity contribution in [1.82, 2.24) is 5.32 Å². The number of hydrogen-bond acceptors (Lipinski definition) is 2. The second-order valence-electron chi connectivity index (χ2n) is 3.87. The maximum absolute atomic E-state index is 8.97. The maximum Gasteiger partial charge on any atom is 0.0524 e. The van der Waals surface area contributed by atoms with Crippen molar-refractivity contribution in [1.29, 1.82) is 0 Å². The molecule has 0 aromatic rings. The van der Waals surface area contributed by atoms with Crippen LogP contribution in [-0.2, 0) is 0 Å². The van der Waals surface area contributed by atoms with Gasteiger partial charge in [-0.15, -0.1) is 0 Å². The van der Waals surface area contributed by atoms with E-state index in [0.717, 1.165) is 24.9 Å². The summed E-state index contributed by atoms with van der Waals surface area (Å²) in [6.07, 6.45) is 3.37. The summed E-state index contributed by atoms with van der Waals surface area (Å²) in [5, 5.41) is 12.4. The van der Waals surface area contributed by atoms with Crippen LogP contribution < -0.4 is 5.32 Å². The second kappa shape index (κ2) is 4.07. The first kappa shape index (κ1) is 9.01. The third kappa shape index (κ3) is 3.21. The second-order valence-corrected chi connectivity index (χ2v) is 3.87. The van der Waals surface area contributed by atoms with Crippen LogP contribution in [0.25, 0.3) is 0 Å². The molecule has 1 rings (SSSR count). The highest BCUT2D eigenvalue weighted by atomic mass is 16.3. The summed E-state index contributed by atoms with van der Waals surface area (Å²) in [4.78, 5) is 0. The van der Waals surface area contributed by atoms with Crippen LogP contribution in [0.1, 0.15) is 33.1 Å². The van der Waals surface area contributed by atoms with Gasteiger partial charge < -0.3 is 10.4 Å². The van der Waals surface area contributed by atoms with E-state index in [0.29, 0.717) is 0 Å². The zero-order valence-electron chi connectivity index (χ0n) is 7.51. The average molecular weight is 157 g/mol. The van der Waals surface area contributed by atoms with E-state index >= 15 is 0 Å². The molecular formula is C9H19NO. The number of hydrogen-bond donors (Lipinski definition) is 2. The lowest BCUT2D eigenvalue weighted by atomic mass is 9.82. The van der Waals surface area contributed by atoms with E-state index in [1.165, 1.54) is 12.8 Å². The molecule has 1 saturated carbocycles. The predicted octanol–water partition coefficient (Wildman–Crippen LogP) is 1.15. The molecule has 2 nitrogen and oxygen atoms in total. The molecule has 1 unspecified atom stereocenters. The summed E-state index contributed by atoms with van der Waals surface area (Å²) in [6, 6.07) is 0.740. The average Bonchev–Trinajstić information content (AvgIpc) is 1.83. The third-order valence-electron chi connectivity index (χ3n) is 2.37. The quantitative estimate of drug-likeness (QED) is 0.641. The molecule has 1 atom stereocenters. The summed E-state index contributed by atoms with van der Waals surface area (Å²) in [5.74, 6) is 0.916. The minimum atomic E-state index is -0.153. The van der Waals surface area contributed by atoms with Gasteiger partial charge in [-0.2, -0.15) is 0 Å². The largest absolute Gasteiger partial charge is 0.393 e. The van der Waals surface area contributed by atoms with E-state index in [4.69, 9.17) is 5.11 Å². The van der Waals surface area contributed by atoms with Crippen molar-refractivity contribution < 1.29 is 5.11 Å². The predicted molar refractivity (Wildman–Crippen MR) is 46.5 cm³/mol. The van der Waals surface area contributed by atoms with Crippen molar-refractivity contribution in [3.05, 3.63) is 0 Å². The lowest BCUT2D eigenvalue weighted by molar-refractivity contribution is 0.173. The molecule has 66 valence electrons. The smallest absolute Gasteiger partial charge is 0.0524 e. The van der Waals surface area contributed by atoms with Gasteiger partial charge in [-0.25, -0.2) is 0 Å². The van der Waals surface area contributed by atoms with Gasteiger partial charge >= 0.3 is 0 Å². The van der Waals surface area contributed by atoms with E-state index in [9.17, 15) is 0 Å².